The number of pyridine rings is 1. The van der Waals surface area contributed by atoms with Gasteiger partial charge in [0, 0.05) is 16.6 Å². The Morgan fingerprint density at radius 3 is 2.20 bits per heavy atom. The molecule has 0 bridgehead atoms. The van der Waals surface area contributed by atoms with Gasteiger partial charge < -0.3 is 5.32 Å². The Morgan fingerprint density at radius 1 is 0.760 bits per heavy atom. The van der Waals surface area contributed by atoms with Gasteiger partial charge in [-0.05, 0) is 31.2 Å². The highest BCUT2D eigenvalue weighted by molar-refractivity contribution is 5.95. The minimum atomic E-state index is 0. The smallest absolute Gasteiger partial charge is 0.0730 e. The van der Waals surface area contributed by atoms with Crippen LogP contribution in [0.5, 0.6) is 0 Å². The van der Waals surface area contributed by atoms with E-state index in [9.17, 15) is 0 Å². The molecule has 3 heteroatoms. The Kier molecular flexibility index (Phi) is 5.01. The maximum Gasteiger partial charge on any atom is 0.0730 e. The number of rotatable bonds is 3. The molecule has 0 atom stereocenters. The molecular weight excluding hydrogens is 328 g/mol. The van der Waals surface area contributed by atoms with Crippen molar-refractivity contribution in [1.82, 2.24) is 4.98 Å². The van der Waals surface area contributed by atoms with E-state index in [0.29, 0.717) is 0 Å². The van der Waals surface area contributed by atoms with Gasteiger partial charge in [-0.2, -0.15) is 0 Å². The van der Waals surface area contributed by atoms with Crippen LogP contribution >= 0.6 is 12.4 Å². The fraction of sp³-hybridized carbons (Fsp3) is 0.0455. The van der Waals surface area contributed by atoms with Crippen molar-refractivity contribution in [2.75, 3.05) is 5.32 Å². The molecule has 0 aliphatic heterocycles. The van der Waals surface area contributed by atoms with Crippen molar-refractivity contribution >= 4 is 34.7 Å². The number of anilines is 2. The molecule has 124 valence electrons. The Morgan fingerprint density at radius 2 is 1.44 bits per heavy atom. The summed E-state index contributed by atoms with van der Waals surface area (Å²) in [5.41, 5.74) is 6.50. The van der Waals surface area contributed by atoms with Crippen LogP contribution in [0.4, 0.5) is 11.4 Å². The van der Waals surface area contributed by atoms with Crippen LogP contribution in [0.1, 0.15) is 5.56 Å². The molecule has 0 radical (unpaired) electrons. The third-order valence-electron chi connectivity index (χ3n) is 4.12. The maximum atomic E-state index is 4.82. The highest BCUT2D eigenvalue weighted by Gasteiger charge is 2.07. The summed E-state index contributed by atoms with van der Waals surface area (Å²) >= 11 is 0. The lowest BCUT2D eigenvalue weighted by atomic mass is 10.1. The van der Waals surface area contributed by atoms with Gasteiger partial charge in [0.1, 0.15) is 0 Å². The predicted octanol–water partition coefficient (Wildman–Crippen LogP) is 6.38. The summed E-state index contributed by atoms with van der Waals surface area (Å²) in [6, 6.07) is 29.1. The number of para-hydroxylation sites is 1. The van der Waals surface area contributed by atoms with Gasteiger partial charge in [0.15, 0.2) is 0 Å². The van der Waals surface area contributed by atoms with E-state index in [2.05, 4.69) is 66.8 Å². The molecule has 0 fully saturated rings. The van der Waals surface area contributed by atoms with Gasteiger partial charge in [0.05, 0.1) is 16.9 Å². The van der Waals surface area contributed by atoms with E-state index in [-0.39, 0.29) is 12.4 Å². The topological polar surface area (TPSA) is 24.9 Å². The third kappa shape index (κ3) is 3.65. The third-order valence-corrected chi connectivity index (χ3v) is 4.12. The van der Waals surface area contributed by atoms with Gasteiger partial charge in [-0.1, -0.05) is 66.2 Å². The van der Waals surface area contributed by atoms with Gasteiger partial charge in [0.2, 0.25) is 0 Å². The van der Waals surface area contributed by atoms with Gasteiger partial charge in [-0.15, -0.1) is 12.4 Å². The van der Waals surface area contributed by atoms with E-state index in [1.807, 2.05) is 30.3 Å². The molecule has 4 aromatic rings. The van der Waals surface area contributed by atoms with Crippen LogP contribution in [0.15, 0.2) is 84.9 Å². The Labute approximate surface area is 154 Å². The molecule has 0 amide bonds. The lowest BCUT2D eigenvalue weighted by molar-refractivity contribution is 1.39. The summed E-state index contributed by atoms with van der Waals surface area (Å²) < 4.78 is 0. The average Bonchev–Trinajstić information content (AvgIpc) is 2.64. The van der Waals surface area contributed by atoms with E-state index >= 15 is 0 Å². The summed E-state index contributed by atoms with van der Waals surface area (Å²) in [4.78, 5) is 4.82. The minimum absolute atomic E-state index is 0. The number of aryl methyl sites for hydroxylation is 1. The molecule has 1 heterocycles. The zero-order valence-electron chi connectivity index (χ0n) is 13.9. The molecule has 25 heavy (non-hydrogen) atoms. The highest BCUT2D eigenvalue weighted by Crippen LogP contribution is 2.30. The number of nitrogens with one attached hydrogen (secondary N) is 1. The fourth-order valence-corrected chi connectivity index (χ4v) is 2.83. The van der Waals surface area contributed by atoms with Crippen molar-refractivity contribution in [2.24, 2.45) is 0 Å². The number of fused-ring (bicyclic) bond motifs is 1. The molecular formula is C22H19ClN2. The number of hydrogen-bond acceptors (Lipinski definition) is 2. The number of benzene rings is 3. The van der Waals surface area contributed by atoms with Crippen LogP contribution in [-0.4, -0.2) is 4.98 Å². The quantitative estimate of drug-likeness (QED) is 0.465. The summed E-state index contributed by atoms with van der Waals surface area (Å²) in [5, 5.41) is 4.67. The monoisotopic (exact) mass is 346 g/mol. The molecule has 0 saturated carbocycles. The van der Waals surface area contributed by atoms with Crippen LogP contribution in [-0.2, 0) is 0 Å². The SMILES string of the molecule is Cc1ccc(Nc2cc(-c3ccccc3)nc3ccccc23)cc1.Cl. The average molecular weight is 347 g/mol. The number of halogens is 1. The van der Waals surface area contributed by atoms with Crippen molar-refractivity contribution in [2.45, 2.75) is 6.92 Å². The summed E-state index contributed by atoms with van der Waals surface area (Å²) in [6.07, 6.45) is 0. The second-order valence-corrected chi connectivity index (χ2v) is 5.93. The lowest BCUT2D eigenvalue weighted by Gasteiger charge is -2.12. The minimum Gasteiger partial charge on any atom is -0.355 e. The van der Waals surface area contributed by atoms with Gasteiger partial charge >= 0.3 is 0 Å². The Balaban J connectivity index is 0.00000182. The van der Waals surface area contributed by atoms with Crippen LogP contribution in [0.3, 0.4) is 0 Å². The normalized spacial score (nSPS) is 10.3. The molecule has 3 aromatic carbocycles. The van der Waals surface area contributed by atoms with Crippen molar-refractivity contribution in [3.05, 3.63) is 90.5 Å². The molecule has 2 nitrogen and oxygen atoms in total. The molecule has 0 aliphatic carbocycles. The Hall–Kier alpha value is -2.84. The Bertz CT molecular complexity index is 980. The van der Waals surface area contributed by atoms with E-state index in [1.54, 1.807) is 0 Å². The van der Waals surface area contributed by atoms with E-state index in [0.717, 1.165) is 33.5 Å². The molecule has 0 unspecified atom stereocenters. The van der Waals surface area contributed by atoms with Crippen molar-refractivity contribution in [1.29, 1.82) is 0 Å². The zero-order valence-corrected chi connectivity index (χ0v) is 14.8. The van der Waals surface area contributed by atoms with Crippen LogP contribution in [0.25, 0.3) is 22.2 Å². The highest BCUT2D eigenvalue weighted by atomic mass is 35.5. The standard InChI is InChI=1S/C22H18N2.ClH/c1-16-11-13-18(14-12-16)23-22-15-21(17-7-3-2-4-8-17)24-20-10-6-5-9-19(20)22;/h2-15H,1H3,(H,23,24);1H. The molecule has 0 aliphatic rings. The number of hydrogen-bond donors (Lipinski definition) is 1. The lowest BCUT2D eigenvalue weighted by Crippen LogP contribution is -1.95. The second-order valence-electron chi connectivity index (χ2n) is 5.93. The summed E-state index contributed by atoms with van der Waals surface area (Å²) in [7, 11) is 0. The summed E-state index contributed by atoms with van der Waals surface area (Å²) in [6.45, 7) is 2.10. The molecule has 1 N–H and O–H groups in total. The first kappa shape index (κ1) is 17.0. The molecule has 0 spiro atoms. The molecule has 1 aromatic heterocycles. The molecule has 0 saturated heterocycles. The number of nitrogens with zero attached hydrogens (tertiary/aromatic N) is 1. The van der Waals surface area contributed by atoms with E-state index in [1.165, 1.54) is 5.56 Å². The van der Waals surface area contributed by atoms with Crippen molar-refractivity contribution in [3.63, 3.8) is 0 Å². The van der Waals surface area contributed by atoms with Crippen LogP contribution in [0.2, 0.25) is 0 Å². The van der Waals surface area contributed by atoms with Crippen molar-refractivity contribution < 1.29 is 0 Å². The predicted molar refractivity (Wildman–Crippen MR) is 109 cm³/mol. The first-order chi connectivity index (χ1) is 11.8. The molecule has 4 rings (SSSR count). The second kappa shape index (κ2) is 7.37. The van der Waals surface area contributed by atoms with Gasteiger partial charge in [-0.25, -0.2) is 4.98 Å². The van der Waals surface area contributed by atoms with E-state index < -0.39 is 0 Å². The largest absolute Gasteiger partial charge is 0.355 e. The zero-order chi connectivity index (χ0) is 16.4. The first-order valence-electron chi connectivity index (χ1n) is 8.08. The number of aromatic nitrogens is 1. The van der Waals surface area contributed by atoms with Crippen molar-refractivity contribution in [3.8, 4) is 11.3 Å². The van der Waals surface area contributed by atoms with Crippen LogP contribution < -0.4 is 5.32 Å². The van der Waals surface area contributed by atoms with Gasteiger partial charge in [0.25, 0.3) is 0 Å². The van der Waals surface area contributed by atoms with Crippen LogP contribution in [0, 0.1) is 6.92 Å². The van der Waals surface area contributed by atoms with Gasteiger partial charge in [-0.3, -0.25) is 0 Å². The first-order valence-corrected chi connectivity index (χ1v) is 8.08. The van der Waals surface area contributed by atoms with E-state index in [4.69, 9.17) is 4.98 Å². The summed E-state index contributed by atoms with van der Waals surface area (Å²) in [5.74, 6) is 0. The maximum absolute atomic E-state index is 4.82. The fourth-order valence-electron chi connectivity index (χ4n) is 2.83.